The molecule has 32 heavy (non-hydrogen) atoms. The zero-order valence-corrected chi connectivity index (χ0v) is 16.0. The molecular weight excluding hydrogens is 446 g/mol. The highest BCUT2D eigenvalue weighted by atomic mass is 16.4. The monoisotopic (exact) mass is 469 g/mol. The predicted molar refractivity (Wildman–Crippen MR) is 98.4 cm³/mol. The number of hydrogen-bond acceptors (Lipinski definition) is 12. The molecule has 1 aromatic carbocycles. The highest BCUT2D eigenvalue weighted by molar-refractivity contribution is 5.83. The summed E-state index contributed by atoms with van der Waals surface area (Å²) in [4.78, 5) is 39.1. The Balaban J connectivity index is 0. The number of aliphatic hydroxyl groups excluding tert-OH is 5. The number of nitrogens with two attached hydrogens (primary N) is 1. The fourth-order valence-corrected chi connectivity index (χ4v) is 1.42. The molecule has 0 aliphatic heterocycles. The average molecular weight is 469 g/mol. The van der Waals surface area contributed by atoms with Crippen molar-refractivity contribution in [1.82, 2.24) is 0 Å². The number of carbonyl (C=O) groups is 4. The number of carboxylic acid groups (broad SMARTS) is 4. The molecule has 1 rings (SSSR count). The first-order chi connectivity index (χ1) is 14.6. The van der Waals surface area contributed by atoms with Gasteiger partial charge in [-0.2, -0.15) is 0 Å². The van der Waals surface area contributed by atoms with Gasteiger partial charge in [0.25, 0.3) is 0 Å². The van der Waals surface area contributed by atoms with E-state index in [4.69, 9.17) is 56.8 Å². The Morgan fingerprint density at radius 1 is 0.656 bits per heavy atom. The Kier molecular flexibility index (Phi) is 13.9. The van der Waals surface area contributed by atoms with Gasteiger partial charge < -0.3 is 61.9 Å². The van der Waals surface area contributed by atoms with Gasteiger partial charge in [-0.1, -0.05) is 6.07 Å². The summed E-state index contributed by atoms with van der Waals surface area (Å²) >= 11 is 0. The van der Waals surface area contributed by atoms with Gasteiger partial charge in [-0.05, 0) is 17.7 Å². The molecule has 0 heterocycles. The molecule has 5 unspecified atom stereocenters. The van der Waals surface area contributed by atoms with Crippen LogP contribution < -0.4 is 5.73 Å². The van der Waals surface area contributed by atoms with Gasteiger partial charge in [0.2, 0.25) is 0 Å². The minimum Gasteiger partial charge on any atom is -0.504 e. The summed E-state index contributed by atoms with van der Waals surface area (Å²) in [6, 6.07) is 4.10. The Hall–Kier alpha value is -3.54. The van der Waals surface area contributed by atoms with Crippen LogP contribution in [0.2, 0.25) is 0 Å². The molecule has 16 nitrogen and oxygen atoms in total. The van der Waals surface area contributed by atoms with Crippen LogP contribution in [0.5, 0.6) is 11.5 Å². The minimum absolute atomic E-state index is 0.0875. The van der Waals surface area contributed by atoms with E-state index in [1.165, 1.54) is 18.2 Å². The number of aliphatic hydroxyl groups is 5. The maximum absolute atomic E-state index is 9.77. The first kappa shape index (κ1) is 30.7. The van der Waals surface area contributed by atoms with Crippen molar-refractivity contribution in [2.75, 3.05) is 6.54 Å². The van der Waals surface area contributed by atoms with Crippen LogP contribution in [-0.4, -0.2) is 111 Å². The van der Waals surface area contributed by atoms with Gasteiger partial charge in [0, 0.05) is 6.54 Å². The molecule has 0 aromatic heterocycles. The third-order valence-electron chi connectivity index (χ3n) is 3.22. The topological polar surface area (TPSA) is 317 Å². The summed E-state index contributed by atoms with van der Waals surface area (Å²) in [7, 11) is 0. The van der Waals surface area contributed by atoms with Gasteiger partial charge in [-0.25, -0.2) is 19.2 Å². The fourth-order valence-electron chi connectivity index (χ4n) is 1.42. The van der Waals surface area contributed by atoms with Crippen LogP contribution in [0.4, 0.5) is 0 Å². The lowest BCUT2D eigenvalue weighted by molar-refractivity contribution is -0.165. The van der Waals surface area contributed by atoms with Crippen molar-refractivity contribution in [3.8, 4) is 11.5 Å². The van der Waals surface area contributed by atoms with E-state index in [0.29, 0.717) is 5.56 Å². The standard InChI is InChI=1S/C8H11NO3.2C4H6O6/c9-4-8(12)5-1-2-6(10)7(11)3-5;2*5-1(3(7)8)2(6)4(9)10/h1-3,8,10-12H,4,9H2;2*1-2,5-6H,(H,7,8)(H,9,10). The number of phenolic OH excluding ortho intramolecular Hbond substituents is 2. The summed E-state index contributed by atoms with van der Waals surface area (Å²) in [5, 5.41) is 92.3. The number of carboxylic acids is 4. The van der Waals surface area contributed by atoms with E-state index in [0.717, 1.165) is 0 Å². The van der Waals surface area contributed by atoms with E-state index in [1.807, 2.05) is 0 Å². The van der Waals surface area contributed by atoms with E-state index >= 15 is 0 Å². The molecular formula is C16H23NO15. The quantitative estimate of drug-likeness (QED) is 0.161. The van der Waals surface area contributed by atoms with Gasteiger partial charge in [-0.3, -0.25) is 0 Å². The van der Waals surface area contributed by atoms with Crippen LogP contribution >= 0.6 is 0 Å². The summed E-state index contributed by atoms with van der Waals surface area (Å²) in [5.74, 6) is -7.53. The summed E-state index contributed by atoms with van der Waals surface area (Å²) in [6.07, 6.45) is -9.86. The van der Waals surface area contributed by atoms with Gasteiger partial charge in [0.05, 0.1) is 6.10 Å². The normalized spacial score (nSPS) is 14.7. The molecule has 1 aromatic rings. The predicted octanol–water partition coefficient (Wildman–Crippen LogP) is -4.16. The number of rotatable bonds is 8. The zero-order chi connectivity index (χ0) is 25.8. The third-order valence-corrected chi connectivity index (χ3v) is 3.22. The number of phenols is 2. The molecule has 0 saturated heterocycles. The Bertz CT molecular complexity index is 711. The van der Waals surface area contributed by atoms with Gasteiger partial charge in [-0.15, -0.1) is 0 Å². The van der Waals surface area contributed by atoms with Crippen molar-refractivity contribution >= 4 is 23.9 Å². The van der Waals surface area contributed by atoms with Crippen molar-refractivity contribution in [2.45, 2.75) is 30.5 Å². The molecule has 5 atom stereocenters. The van der Waals surface area contributed by atoms with Gasteiger partial charge in [0.1, 0.15) is 0 Å². The molecule has 0 spiro atoms. The molecule has 13 N–H and O–H groups in total. The molecule has 16 heteroatoms. The van der Waals surface area contributed by atoms with Crippen LogP contribution in [0.3, 0.4) is 0 Å². The van der Waals surface area contributed by atoms with Gasteiger partial charge in [0.15, 0.2) is 35.9 Å². The highest BCUT2D eigenvalue weighted by Crippen LogP contribution is 2.27. The number of aromatic hydroxyl groups is 2. The first-order valence-electron chi connectivity index (χ1n) is 8.11. The lowest BCUT2D eigenvalue weighted by Crippen LogP contribution is -2.39. The molecule has 182 valence electrons. The zero-order valence-electron chi connectivity index (χ0n) is 16.0. The molecule has 0 saturated carbocycles. The van der Waals surface area contributed by atoms with E-state index in [9.17, 15) is 24.3 Å². The van der Waals surface area contributed by atoms with E-state index in [1.54, 1.807) is 0 Å². The number of hydrogen-bond donors (Lipinski definition) is 12. The number of aliphatic carboxylic acids is 4. The van der Waals surface area contributed by atoms with Crippen molar-refractivity contribution in [2.24, 2.45) is 5.73 Å². The van der Waals surface area contributed by atoms with Crippen LogP contribution in [-0.2, 0) is 19.2 Å². The molecule has 0 radical (unpaired) electrons. The summed E-state index contributed by atoms with van der Waals surface area (Å²) < 4.78 is 0. The Morgan fingerprint density at radius 2 is 0.969 bits per heavy atom. The van der Waals surface area contributed by atoms with Crippen LogP contribution in [0, 0.1) is 0 Å². The first-order valence-corrected chi connectivity index (χ1v) is 8.11. The van der Waals surface area contributed by atoms with Crippen molar-refractivity contribution < 1.29 is 75.3 Å². The van der Waals surface area contributed by atoms with Crippen molar-refractivity contribution in [3.05, 3.63) is 23.8 Å². The SMILES string of the molecule is NCC(O)c1ccc(O)c(O)c1.O=C(O)C(O)C(O)C(=O)O.O=C(O)C(O)C(O)C(=O)O. The smallest absolute Gasteiger partial charge is 0.335 e. The fraction of sp³-hybridized carbons (Fsp3) is 0.375. The van der Waals surface area contributed by atoms with E-state index < -0.39 is 54.4 Å². The second-order valence-corrected chi connectivity index (χ2v) is 5.63. The van der Waals surface area contributed by atoms with Crippen LogP contribution in [0.25, 0.3) is 0 Å². The van der Waals surface area contributed by atoms with Crippen LogP contribution in [0.1, 0.15) is 11.7 Å². The highest BCUT2D eigenvalue weighted by Gasteiger charge is 2.30. The molecule has 0 aliphatic rings. The van der Waals surface area contributed by atoms with E-state index in [2.05, 4.69) is 0 Å². The Morgan fingerprint density at radius 3 is 1.19 bits per heavy atom. The maximum atomic E-state index is 9.77. The number of benzene rings is 1. The largest absolute Gasteiger partial charge is 0.504 e. The molecule has 0 aliphatic carbocycles. The second-order valence-electron chi connectivity index (χ2n) is 5.63. The lowest BCUT2D eigenvalue weighted by atomic mass is 10.1. The maximum Gasteiger partial charge on any atom is 0.335 e. The average Bonchev–Trinajstić information content (AvgIpc) is 2.73. The van der Waals surface area contributed by atoms with Crippen LogP contribution in [0.15, 0.2) is 18.2 Å². The summed E-state index contributed by atoms with van der Waals surface area (Å²) in [6.45, 7) is 0.0875. The Labute approximate surface area is 178 Å². The molecule has 0 amide bonds. The van der Waals surface area contributed by atoms with E-state index in [-0.39, 0.29) is 18.0 Å². The minimum atomic E-state index is -2.27. The second kappa shape index (κ2) is 14.5. The summed E-state index contributed by atoms with van der Waals surface area (Å²) in [5.41, 5.74) is 5.69. The van der Waals surface area contributed by atoms with Gasteiger partial charge >= 0.3 is 23.9 Å². The molecule has 0 bridgehead atoms. The van der Waals surface area contributed by atoms with Crippen molar-refractivity contribution in [3.63, 3.8) is 0 Å². The molecule has 0 fully saturated rings. The third kappa shape index (κ3) is 11.0. The lowest BCUT2D eigenvalue weighted by Gasteiger charge is -2.08. The van der Waals surface area contributed by atoms with Crippen molar-refractivity contribution in [1.29, 1.82) is 0 Å².